The van der Waals surface area contributed by atoms with Gasteiger partial charge >= 0.3 is 0 Å². The van der Waals surface area contributed by atoms with Crippen molar-refractivity contribution in [2.24, 2.45) is 0 Å². The average Bonchev–Trinajstić information content (AvgIpc) is 2.25. The zero-order chi connectivity index (χ0) is 13.0. The topological polar surface area (TPSA) is 29.5 Å². The van der Waals surface area contributed by atoms with Crippen LogP contribution < -0.4 is 4.74 Å². The molecule has 0 atom stereocenters. The molecular weight excluding hydrogens is 214 g/mol. The zero-order valence-electron chi connectivity index (χ0n) is 11.3. The Balaban J connectivity index is 2.68. The first kappa shape index (κ1) is 13.6. The second kappa shape index (κ2) is 5.71. The van der Waals surface area contributed by atoms with E-state index in [0.717, 1.165) is 5.75 Å². The van der Waals surface area contributed by atoms with E-state index < -0.39 is 0 Å². The van der Waals surface area contributed by atoms with Crippen molar-refractivity contribution < 1.29 is 9.53 Å². The van der Waals surface area contributed by atoms with Gasteiger partial charge in [-0.2, -0.15) is 0 Å². The lowest BCUT2D eigenvalue weighted by atomic mass is 9.98. The maximum Gasteiger partial charge on any atom is 0.259 e. The van der Waals surface area contributed by atoms with Crippen LogP contribution in [0.3, 0.4) is 0 Å². The summed E-state index contributed by atoms with van der Waals surface area (Å²) in [5.74, 6) is 1.23. The van der Waals surface area contributed by atoms with Gasteiger partial charge in [0, 0.05) is 14.1 Å². The molecule has 0 radical (unpaired) electrons. The highest BCUT2D eigenvalue weighted by Crippen LogP contribution is 2.23. The van der Waals surface area contributed by atoms with Gasteiger partial charge < -0.3 is 9.64 Å². The Hall–Kier alpha value is -1.51. The minimum Gasteiger partial charge on any atom is -0.484 e. The van der Waals surface area contributed by atoms with Crippen molar-refractivity contribution in [1.29, 1.82) is 0 Å². The second-order valence-corrected chi connectivity index (χ2v) is 4.75. The van der Waals surface area contributed by atoms with E-state index in [1.807, 2.05) is 12.1 Å². The molecule has 0 fully saturated rings. The summed E-state index contributed by atoms with van der Waals surface area (Å²) < 4.78 is 5.45. The largest absolute Gasteiger partial charge is 0.484 e. The Morgan fingerprint density at radius 3 is 2.47 bits per heavy atom. The molecule has 3 nitrogen and oxygen atoms in total. The number of ether oxygens (including phenoxy) is 1. The van der Waals surface area contributed by atoms with E-state index in [4.69, 9.17) is 4.74 Å². The van der Waals surface area contributed by atoms with Crippen molar-refractivity contribution in [2.45, 2.75) is 26.7 Å². The molecule has 0 aliphatic rings. The zero-order valence-corrected chi connectivity index (χ0v) is 11.3. The molecule has 1 amide bonds. The van der Waals surface area contributed by atoms with E-state index >= 15 is 0 Å². The number of hydrogen-bond acceptors (Lipinski definition) is 2. The number of rotatable bonds is 4. The Kier molecular flexibility index (Phi) is 4.55. The molecule has 1 rings (SSSR count). The number of carbonyl (C=O) groups excluding carboxylic acids is 1. The number of nitrogens with zero attached hydrogens (tertiary/aromatic N) is 1. The predicted molar refractivity (Wildman–Crippen MR) is 69.5 cm³/mol. The fourth-order valence-corrected chi connectivity index (χ4v) is 1.66. The quantitative estimate of drug-likeness (QED) is 0.802. The third-order valence-electron chi connectivity index (χ3n) is 2.72. The fraction of sp³-hybridized carbons (Fsp3) is 0.500. The highest BCUT2D eigenvalue weighted by Gasteiger charge is 2.07. The van der Waals surface area contributed by atoms with E-state index in [9.17, 15) is 4.79 Å². The van der Waals surface area contributed by atoms with Crippen molar-refractivity contribution in [3.8, 4) is 5.75 Å². The predicted octanol–water partition coefficient (Wildman–Crippen LogP) is 2.59. The van der Waals surface area contributed by atoms with Crippen LogP contribution in [0.25, 0.3) is 0 Å². The minimum atomic E-state index is -0.0319. The molecule has 0 aliphatic carbocycles. The van der Waals surface area contributed by atoms with Crippen molar-refractivity contribution in [2.75, 3.05) is 20.7 Å². The normalized spacial score (nSPS) is 10.5. The van der Waals surface area contributed by atoms with Gasteiger partial charge in [-0.15, -0.1) is 0 Å². The van der Waals surface area contributed by atoms with E-state index in [1.165, 1.54) is 16.0 Å². The fourth-order valence-electron chi connectivity index (χ4n) is 1.66. The summed E-state index contributed by atoms with van der Waals surface area (Å²) >= 11 is 0. The molecule has 94 valence electrons. The van der Waals surface area contributed by atoms with Crippen LogP contribution in [0.4, 0.5) is 0 Å². The Bertz CT molecular complexity index is 397. The summed E-state index contributed by atoms with van der Waals surface area (Å²) in [6.45, 7) is 6.49. The molecule has 0 aliphatic heterocycles. The Morgan fingerprint density at radius 1 is 1.35 bits per heavy atom. The van der Waals surface area contributed by atoms with Gasteiger partial charge in [0.1, 0.15) is 5.75 Å². The molecule has 0 unspecified atom stereocenters. The van der Waals surface area contributed by atoms with Gasteiger partial charge in [0.05, 0.1) is 0 Å². The second-order valence-electron chi connectivity index (χ2n) is 4.75. The van der Waals surface area contributed by atoms with Crippen LogP contribution in [0.1, 0.15) is 30.9 Å². The van der Waals surface area contributed by atoms with E-state index in [0.29, 0.717) is 5.92 Å². The number of hydrogen-bond donors (Lipinski definition) is 0. The van der Waals surface area contributed by atoms with Crippen LogP contribution in [0.2, 0.25) is 0 Å². The molecule has 0 heterocycles. The van der Waals surface area contributed by atoms with Crippen molar-refractivity contribution in [3.63, 3.8) is 0 Å². The summed E-state index contributed by atoms with van der Waals surface area (Å²) in [4.78, 5) is 12.9. The summed E-state index contributed by atoms with van der Waals surface area (Å²) in [6.07, 6.45) is 0. The van der Waals surface area contributed by atoms with Crippen molar-refractivity contribution in [1.82, 2.24) is 4.90 Å². The van der Waals surface area contributed by atoms with Crippen LogP contribution in [-0.4, -0.2) is 31.5 Å². The number of carbonyl (C=O) groups is 1. The SMILES string of the molecule is Cc1cc(OCC(=O)N(C)C)ccc1C(C)C. The van der Waals surface area contributed by atoms with E-state index in [1.54, 1.807) is 14.1 Å². The monoisotopic (exact) mass is 235 g/mol. The average molecular weight is 235 g/mol. The van der Waals surface area contributed by atoms with Crippen LogP contribution in [0, 0.1) is 6.92 Å². The first-order chi connectivity index (χ1) is 7.91. The summed E-state index contributed by atoms with van der Waals surface area (Å²) in [5, 5.41) is 0. The smallest absolute Gasteiger partial charge is 0.259 e. The minimum absolute atomic E-state index is 0.0319. The van der Waals surface area contributed by atoms with Gasteiger partial charge in [-0.25, -0.2) is 0 Å². The standard InChI is InChI=1S/C14H21NO2/c1-10(2)13-7-6-12(8-11(13)3)17-9-14(16)15(4)5/h6-8,10H,9H2,1-5H3. The molecule has 3 heteroatoms. The molecule has 0 saturated carbocycles. The van der Waals surface area contributed by atoms with Crippen LogP contribution >= 0.6 is 0 Å². The lowest BCUT2D eigenvalue weighted by Crippen LogP contribution is -2.27. The van der Waals surface area contributed by atoms with Gasteiger partial charge in [0.15, 0.2) is 6.61 Å². The first-order valence-corrected chi connectivity index (χ1v) is 5.85. The number of amides is 1. The molecule has 17 heavy (non-hydrogen) atoms. The molecule has 1 aromatic rings. The van der Waals surface area contributed by atoms with E-state index in [2.05, 4.69) is 26.8 Å². The van der Waals surface area contributed by atoms with Crippen molar-refractivity contribution >= 4 is 5.91 Å². The molecule has 0 spiro atoms. The van der Waals surface area contributed by atoms with Crippen LogP contribution in [0.15, 0.2) is 18.2 Å². The van der Waals surface area contributed by atoms with Gasteiger partial charge in [0.25, 0.3) is 5.91 Å². The highest BCUT2D eigenvalue weighted by molar-refractivity contribution is 5.77. The maximum atomic E-state index is 11.4. The molecule has 1 aromatic carbocycles. The van der Waals surface area contributed by atoms with Crippen LogP contribution in [0.5, 0.6) is 5.75 Å². The maximum absolute atomic E-state index is 11.4. The number of likely N-dealkylation sites (N-methyl/N-ethyl adjacent to an activating group) is 1. The summed E-state index contributed by atoms with van der Waals surface area (Å²) in [5.41, 5.74) is 2.52. The highest BCUT2D eigenvalue weighted by atomic mass is 16.5. The number of aryl methyl sites for hydroxylation is 1. The molecule has 0 saturated heterocycles. The molecular formula is C14H21NO2. The molecule has 0 N–H and O–H groups in total. The number of benzene rings is 1. The van der Waals surface area contributed by atoms with Gasteiger partial charge in [0.2, 0.25) is 0 Å². The third-order valence-corrected chi connectivity index (χ3v) is 2.72. The summed E-state index contributed by atoms with van der Waals surface area (Å²) in [6, 6.07) is 5.97. The Morgan fingerprint density at radius 2 is 2.00 bits per heavy atom. The third kappa shape index (κ3) is 3.77. The lowest BCUT2D eigenvalue weighted by molar-refractivity contribution is -0.130. The molecule has 0 bridgehead atoms. The Labute approximate surface area is 103 Å². The van der Waals surface area contributed by atoms with Gasteiger partial charge in [-0.3, -0.25) is 4.79 Å². The van der Waals surface area contributed by atoms with Gasteiger partial charge in [-0.05, 0) is 36.1 Å². The summed E-state index contributed by atoms with van der Waals surface area (Å²) in [7, 11) is 3.44. The van der Waals surface area contributed by atoms with E-state index in [-0.39, 0.29) is 12.5 Å². The van der Waals surface area contributed by atoms with Gasteiger partial charge in [-0.1, -0.05) is 19.9 Å². The van der Waals surface area contributed by atoms with Crippen molar-refractivity contribution in [3.05, 3.63) is 29.3 Å². The van der Waals surface area contributed by atoms with Crippen LogP contribution in [-0.2, 0) is 4.79 Å². The molecule has 0 aromatic heterocycles. The lowest BCUT2D eigenvalue weighted by Gasteiger charge is -2.14. The first-order valence-electron chi connectivity index (χ1n) is 5.85.